The summed E-state index contributed by atoms with van der Waals surface area (Å²) in [6, 6.07) is 29.6. The van der Waals surface area contributed by atoms with Gasteiger partial charge >= 0.3 is 0 Å². The fraction of sp³-hybridized carbons (Fsp3) is 0. The van der Waals surface area contributed by atoms with Crippen LogP contribution >= 0.6 is 0 Å². The molecular weight excluding hydrogens is 280 g/mol. The summed E-state index contributed by atoms with van der Waals surface area (Å²) >= 11 is 0. The number of furan rings is 1. The zero-order valence-electron chi connectivity index (χ0n) is 12.5. The minimum Gasteiger partial charge on any atom is -0.455 e. The van der Waals surface area contributed by atoms with E-state index < -0.39 is 0 Å². The third-order valence-electron chi connectivity index (χ3n) is 4.47. The van der Waals surface area contributed by atoms with Gasteiger partial charge in [0.05, 0.1) is 0 Å². The van der Waals surface area contributed by atoms with Gasteiger partial charge in [-0.05, 0) is 34.7 Å². The second-order valence-corrected chi connectivity index (χ2v) is 5.84. The molecule has 108 valence electrons. The van der Waals surface area contributed by atoms with Gasteiger partial charge in [-0.3, -0.25) is 0 Å². The van der Waals surface area contributed by atoms with E-state index in [2.05, 4.69) is 78.9 Å². The van der Waals surface area contributed by atoms with Crippen LogP contribution in [0.25, 0.3) is 43.8 Å². The Kier molecular flexibility index (Phi) is 2.56. The van der Waals surface area contributed by atoms with Crippen molar-refractivity contribution in [2.75, 3.05) is 0 Å². The molecule has 0 unspecified atom stereocenters. The van der Waals surface area contributed by atoms with Gasteiger partial charge in [0.25, 0.3) is 0 Å². The average Bonchev–Trinajstić information content (AvgIpc) is 3.00. The average molecular weight is 294 g/mol. The first-order valence-electron chi connectivity index (χ1n) is 7.79. The quantitative estimate of drug-likeness (QED) is 0.348. The van der Waals surface area contributed by atoms with Crippen LogP contribution in [0.2, 0.25) is 0 Å². The maximum Gasteiger partial charge on any atom is 0.143 e. The zero-order chi connectivity index (χ0) is 15.2. The summed E-state index contributed by atoms with van der Waals surface area (Å²) in [4.78, 5) is 0. The standard InChI is InChI=1S/C22H14O/c1-2-6-15(7-3-1)17-11-12-19-20-13-10-16-8-4-5-9-18(16)22(20)23-21(19)14-17/h1-14H. The summed E-state index contributed by atoms with van der Waals surface area (Å²) in [7, 11) is 0. The lowest BCUT2D eigenvalue weighted by Crippen LogP contribution is -1.76. The van der Waals surface area contributed by atoms with E-state index in [4.69, 9.17) is 4.42 Å². The van der Waals surface area contributed by atoms with Gasteiger partial charge in [0.15, 0.2) is 0 Å². The second kappa shape index (κ2) is 4.72. The highest BCUT2D eigenvalue weighted by Crippen LogP contribution is 2.35. The van der Waals surface area contributed by atoms with Gasteiger partial charge in [-0.25, -0.2) is 0 Å². The highest BCUT2D eigenvalue weighted by atomic mass is 16.3. The fourth-order valence-corrected chi connectivity index (χ4v) is 3.31. The Labute approximate surface area is 133 Å². The summed E-state index contributed by atoms with van der Waals surface area (Å²) < 4.78 is 6.23. The normalized spacial score (nSPS) is 11.5. The first-order chi connectivity index (χ1) is 11.4. The van der Waals surface area contributed by atoms with E-state index in [1.165, 1.54) is 32.7 Å². The molecule has 4 aromatic carbocycles. The Hall–Kier alpha value is -3.06. The number of hydrogen-bond acceptors (Lipinski definition) is 1. The van der Waals surface area contributed by atoms with Crippen molar-refractivity contribution in [1.82, 2.24) is 0 Å². The lowest BCUT2D eigenvalue weighted by molar-refractivity contribution is 0.673. The van der Waals surface area contributed by atoms with E-state index in [-0.39, 0.29) is 0 Å². The van der Waals surface area contributed by atoms with Gasteiger partial charge in [-0.1, -0.05) is 66.7 Å². The summed E-state index contributed by atoms with van der Waals surface area (Å²) in [5.74, 6) is 0. The van der Waals surface area contributed by atoms with E-state index in [1.54, 1.807) is 0 Å². The minimum absolute atomic E-state index is 0.942. The molecule has 0 radical (unpaired) electrons. The van der Waals surface area contributed by atoms with Gasteiger partial charge < -0.3 is 4.42 Å². The topological polar surface area (TPSA) is 13.1 Å². The predicted molar refractivity (Wildman–Crippen MR) is 96.7 cm³/mol. The van der Waals surface area contributed by atoms with Crippen LogP contribution in [0.3, 0.4) is 0 Å². The number of hydrogen-bond donors (Lipinski definition) is 0. The lowest BCUT2D eigenvalue weighted by Gasteiger charge is -2.00. The highest BCUT2D eigenvalue weighted by molar-refractivity contribution is 6.15. The zero-order valence-corrected chi connectivity index (χ0v) is 12.5. The molecule has 1 heteroatoms. The van der Waals surface area contributed by atoms with E-state index in [9.17, 15) is 0 Å². The minimum atomic E-state index is 0.942. The van der Waals surface area contributed by atoms with Crippen molar-refractivity contribution in [1.29, 1.82) is 0 Å². The van der Waals surface area contributed by atoms with Crippen LogP contribution in [0.4, 0.5) is 0 Å². The molecule has 0 amide bonds. The van der Waals surface area contributed by atoms with Crippen molar-refractivity contribution < 1.29 is 4.42 Å². The molecule has 0 saturated heterocycles. The summed E-state index contributed by atoms with van der Waals surface area (Å²) in [5, 5.41) is 4.73. The van der Waals surface area contributed by atoms with Crippen molar-refractivity contribution in [3.8, 4) is 11.1 Å². The van der Waals surface area contributed by atoms with Crippen molar-refractivity contribution in [2.24, 2.45) is 0 Å². The number of fused-ring (bicyclic) bond motifs is 5. The summed E-state index contributed by atoms with van der Waals surface area (Å²) in [5.41, 5.74) is 4.31. The van der Waals surface area contributed by atoms with Crippen molar-refractivity contribution >= 4 is 32.7 Å². The molecule has 0 N–H and O–H groups in total. The van der Waals surface area contributed by atoms with Gasteiger partial charge in [0, 0.05) is 16.2 Å². The highest BCUT2D eigenvalue weighted by Gasteiger charge is 2.10. The Morgan fingerprint density at radius 1 is 0.522 bits per heavy atom. The summed E-state index contributed by atoms with van der Waals surface area (Å²) in [6.45, 7) is 0. The second-order valence-electron chi connectivity index (χ2n) is 5.84. The molecule has 5 aromatic rings. The van der Waals surface area contributed by atoms with Gasteiger partial charge in [-0.2, -0.15) is 0 Å². The van der Waals surface area contributed by atoms with Crippen LogP contribution in [-0.2, 0) is 0 Å². The smallest absolute Gasteiger partial charge is 0.143 e. The monoisotopic (exact) mass is 294 g/mol. The largest absolute Gasteiger partial charge is 0.455 e. The third-order valence-corrected chi connectivity index (χ3v) is 4.47. The van der Waals surface area contributed by atoms with Gasteiger partial charge in [-0.15, -0.1) is 0 Å². The van der Waals surface area contributed by atoms with E-state index in [0.717, 1.165) is 11.2 Å². The third kappa shape index (κ3) is 1.87. The maximum atomic E-state index is 6.23. The Balaban J connectivity index is 1.84. The molecule has 0 aliphatic rings. The van der Waals surface area contributed by atoms with Crippen molar-refractivity contribution in [2.45, 2.75) is 0 Å². The Morgan fingerprint density at radius 2 is 1.30 bits per heavy atom. The Bertz CT molecular complexity index is 1150. The molecule has 0 aliphatic heterocycles. The SMILES string of the molecule is c1ccc(-c2ccc3c(c2)oc2c4ccccc4ccc32)cc1. The summed E-state index contributed by atoms with van der Waals surface area (Å²) in [6.07, 6.45) is 0. The van der Waals surface area contributed by atoms with Gasteiger partial charge in [0.1, 0.15) is 11.2 Å². The predicted octanol–water partition coefficient (Wildman–Crippen LogP) is 6.41. The van der Waals surface area contributed by atoms with E-state index >= 15 is 0 Å². The van der Waals surface area contributed by atoms with Crippen LogP contribution in [-0.4, -0.2) is 0 Å². The molecule has 0 fully saturated rings. The van der Waals surface area contributed by atoms with Crippen LogP contribution in [0.1, 0.15) is 0 Å². The lowest BCUT2D eigenvalue weighted by atomic mass is 10.0. The molecule has 0 aliphatic carbocycles. The molecule has 0 spiro atoms. The molecule has 23 heavy (non-hydrogen) atoms. The molecule has 1 aromatic heterocycles. The van der Waals surface area contributed by atoms with Crippen LogP contribution in [0.15, 0.2) is 89.3 Å². The van der Waals surface area contributed by atoms with Crippen molar-refractivity contribution in [3.63, 3.8) is 0 Å². The van der Waals surface area contributed by atoms with E-state index in [0.29, 0.717) is 0 Å². The molecule has 0 bridgehead atoms. The molecule has 1 nitrogen and oxygen atoms in total. The van der Waals surface area contributed by atoms with Gasteiger partial charge in [0.2, 0.25) is 0 Å². The van der Waals surface area contributed by atoms with Crippen molar-refractivity contribution in [3.05, 3.63) is 84.9 Å². The first kappa shape index (κ1) is 12.5. The van der Waals surface area contributed by atoms with Crippen LogP contribution < -0.4 is 0 Å². The molecule has 1 heterocycles. The first-order valence-corrected chi connectivity index (χ1v) is 7.79. The maximum absolute atomic E-state index is 6.23. The molecular formula is C22H14O. The van der Waals surface area contributed by atoms with Crippen LogP contribution in [0, 0.1) is 0 Å². The molecule has 5 rings (SSSR count). The molecule has 0 saturated carbocycles. The van der Waals surface area contributed by atoms with E-state index in [1.807, 2.05) is 6.07 Å². The molecule has 0 atom stereocenters. The van der Waals surface area contributed by atoms with Crippen LogP contribution in [0.5, 0.6) is 0 Å². The number of benzene rings is 4. The number of rotatable bonds is 1. The Morgan fingerprint density at radius 3 is 2.22 bits per heavy atom. The fourth-order valence-electron chi connectivity index (χ4n) is 3.31.